The van der Waals surface area contributed by atoms with Crippen LogP contribution in [-0.4, -0.2) is 65.9 Å². The zero-order valence-electron chi connectivity index (χ0n) is 16.4. The smallest absolute Gasteiger partial charge is 0.321 e. The van der Waals surface area contributed by atoms with Gasteiger partial charge in [0.05, 0.1) is 35.9 Å². The molecule has 0 aromatic heterocycles. The van der Waals surface area contributed by atoms with E-state index in [2.05, 4.69) is 34.6 Å². The van der Waals surface area contributed by atoms with Gasteiger partial charge in [-0.1, -0.05) is 13.8 Å². The van der Waals surface area contributed by atoms with E-state index in [1.165, 1.54) is 0 Å². The molecule has 0 radical (unpaired) electrons. The number of hydrogen-bond donors (Lipinski definition) is 0. The second-order valence-corrected chi connectivity index (χ2v) is 7.22. The van der Waals surface area contributed by atoms with Crippen LogP contribution < -0.4 is 0 Å². The topological polar surface area (TPSA) is 42.0 Å². The number of methoxy groups -OCH3 is 2. The number of amides is 2. The van der Waals surface area contributed by atoms with Crippen molar-refractivity contribution in [1.82, 2.24) is 9.80 Å². The monoisotopic (exact) mass is 328 g/mol. The van der Waals surface area contributed by atoms with Crippen LogP contribution >= 0.6 is 0 Å². The lowest BCUT2D eigenvalue weighted by Gasteiger charge is -2.40. The second-order valence-electron chi connectivity index (χ2n) is 7.22. The van der Waals surface area contributed by atoms with Gasteiger partial charge in [-0.2, -0.15) is 0 Å². The van der Waals surface area contributed by atoms with Gasteiger partial charge in [0, 0.05) is 14.2 Å². The third-order valence-electron chi connectivity index (χ3n) is 5.84. The van der Waals surface area contributed by atoms with Gasteiger partial charge in [0.2, 0.25) is 0 Å². The van der Waals surface area contributed by atoms with Gasteiger partial charge in [0.15, 0.2) is 0 Å². The zero-order valence-corrected chi connectivity index (χ0v) is 16.4. The maximum absolute atomic E-state index is 13.3. The molecular weight excluding hydrogens is 292 g/mol. The summed E-state index contributed by atoms with van der Waals surface area (Å²) >= 11 is 0. The lowest BCUT2D eigenvalue weighted by molar-refractivity contribution is 0.0127. The number of carbonyl (C=O) groups is 1. The Morgan fingerprint density at radius 3 is 1.87 bits per heavy atom. The molecule has 136 valence electrons. The minimum atomic E-state index is -0.245. The maximum Gasteiger partial charge on any atom is 0.321 e. The Balaban J connectivity index is 3.23. The molecule has 0 spiro atoms. The number of rotatable bonds is 8. The molecule has 0 N–H and O–H groups in total. The number of ether oxygens (including phenoxy) is 2. The highest BCUT2D eigenvalue weighted by Gasteiger charge is 2.54. The van der Waals surface area contributed by atoms with Crippen LogP contribution in [0.5, 0.6) is 0 Å². The lowest BCUT2D eigenvalue weighted by Crippen LogP contribution is -2.54. The van der Waals surface area contributed by atoms with Gasteiger partial charge in [-0.25, -0.2) is 4.79 Å². The average molecular weight is 328 g/mol. The molecule has 0 aromatic rings. The minimum Gasteiger partial charge on any atom is -0.380 e. The molecular formula is C18H36N2O3. The standard InChI is InChI=1S/C18H36N2O3/c1-10-15(12(3)22-8)19-14(5)18(6,7)20(17(19)21)16(11-2)13(4)23-9/h12-16H,10-11H2,1-9H3. The fourth-order valence-electron chi connectivity index (χ4n) is 3.87. The Labute approximate surface area is 142 Å². The summed E-state index contributed by atoms with van der Waals surface area (Å²) in [4.78, 5) is 17.4. The van der Waals surface area contributed by atoms with E-state index in [9.17, 15) is 4.79 Å². The van der Waals surface area contributed by atoms with Crippen LogP contribution in [0.25, 0.3) is 0 Å². The van der Waals surface area contributed by atoms with E-state index in [-0.39, 0.29) is 41.9 Å². The fourth-order valence-corrected chi connectivity index (χ4v) is 3.87. The van der Waals surface area contributed by atoms with Crippen molar-refractivity contribution in [1.29, 1.82) is 0 Å². The molecule has 5 heteroatoms. The van der Waals surface area contributed by atoms with Crippen LogP contribution in [0.15, 0.2) is 0 Å². The Hall–Kier alpha value is -0.810. The number of nitrogens with zero attached hydrogens (tertiary/aromatic N) is 2. The normalized spacial score (nSPS) is 26.3. The van der Waals surface area contributed by atoms with E-state index in [0.717, 1.165) is 12.8 Å². The first-order valence-electron chi connectivity index (χ1n) is 8.86. The fraction of sp³-hybridized carbons (Fsp3) is 0.944. The number of carbonyl (C=O) groups excluding carboxylic acids is 1. The number of urea groups is 1. The van der Waals surface area contributed by atoms with E-state index in [1.807, 2.05) is 23.6 Å². The molecule has 2 amide bonds. The van der Waals surface area contributed by atoms with Gasteiger partial charge in [0.1, 0.15) is 0 Å². The molecule has 1 rings (SSSR count). The third-order valence-corrected chi connectivity index (χ3v) is 5.84. The highest BCUT2D eigenvalue weighted by Crippen LogP contribution is 2.38. The molecule has 5 atom stereocenters. The molecule has 1 saturated heterocycles. The van der Waals surface area contributed by atoms with Crippen molar-refractivity contribution in [3.8, 4) is 0 Å². The van der Waals surface area contributed by atoms with Crippen LogP contribution in [0, 0.1) is 0 Å². The van der Waals surface area contributed by atoms with Gasteiger partial charge in [-0.15, -0.1) is 0 Å². The average Bonchev–Trinajstić information content (AvgIpc) is 2.69. The molecule has 0 aliphatic carbocycles. The predicted octanol–water partition coefficient (Wildman–Crippen LogP) is 3.52. The Morgan fingerprint density at radius 1 is 1.04 bits per heavy atom. The molecule has 0 bridgehead atoms. The van der Waals surface area contributed by atoms with Crippen molar-refractivity contribution < 1.29 is 14.3 Å². The summed E-state index contributed by atoms with van der Waals surface area (Å²) in [6.45, 7) is 14.8. The first-order valence-corrected chi connectivity index (χ1v) is 8.86. The zero-order chi connectivity index (χ0) is 17.9. The lowest BCUT2D eigenvalue weighted by atomic mass is 9.91. The Morgan fingerprint density at radius 2 is 1.48 bits per heavy atom. The minimum absolute atomic E-state index is 0.00954. The summed E-state index contributed by atoms with van der Waals surface area (Å²) in [7, 11) is 3.42. The Kier molecular flexibility index (Phi) is 6.90. The maximum atomic E-state index is 13.3. The van der Waals surface area contributed by atoms with E-state index in [0.29, 0.717) is 0 Å². The summed E-state index contributed by atoms with van der Waals surface area (Å²) in [5.74, 6) is 0. The SMILES string of the molecule is CCC(C(C)OC)N1C(=O)N(C(CC)C(C)OC)C(C)(C)C1C. The molecule has 0 aromatic carbocycles. The van der Waals surface area contributed by atoms with Gasteiger partial charge in [0.25, 0.3) is 0 Å². The highest BCUT2D eigenvalue weighted by molar-refractivity contribution is 5.79. The third kappa shape index (κ3) is 3.50. The molecule has 23 heavy (non-hydrogen) atoms. The number of hydrogen-bond acceptors (Lipinski definition) is 3. The summed E-state index contributed by atoms with van der Waals surface area (Å²) in [5, 5.41) is 0. The largest absolute Gasteiger partial charge is 0.380 e. The van der Waals surface area contributed by atoms with Gasteiger partial charge in [-0.3, -0.25) is 0 Å². The first-order chi connectivity index (χ1) is 10.7. The molecule has 5 unspecified atom stereocenters. The van der Waals surface area contributed by atoms with E-state index >= 15 is 0 Å². The van der Waals surface area contributed by atoms with Crippen molar-refractivity contribution in [3.63, 3.8) is 0 Å². The first kappa shape index (κ1) is 20.2. The summed E-state index contributed by atoms with van der Waals surface area (Å²) in [6, 6.07) is 0.386. The van der Waals surface area contributed by atoms with Crippen molar-refractivity contribution in [2.24, 2.45) is 0 Å². The molecule has 5 nitrogen and oxygen atoms in total. The van der Waals surface area contributed by atoms with Crippen molar-refractivity contribution in [2.45, 2.75) is 97.2 Å². The molecule has 1 aliphatic heterocycles. The highest BCUT2D eigenvalue weighted by atomic mass is 16.5. The van der Waals surface area contributed by atoms with Crippen molar-refractivity contribution >= 4 is 6.03 Å². The van der Waals surface area contributed by atoms with Crippen molar-refractivity contribution in [2.75, 3.05) is 14.2 Å². The molecule has 1 fully saturated rings. The van der Waals surface area contributed by atoms with Crippen LogP contribution in [0.1, 0.15) is 61.3 Å². The van der Waals surface area contributed by atoms with Crippen LogP contribution in [0.2, 0.25) is 0 Å². The van der Waals surface area contributed by atoms with Gasteiger partial charge in [-0.05, 0) is 47.5 Å². The summed E-state index contributed by atoms with van der Waals surface area (Å²) in [5.41, 5.74) is -0.245. The van der Waals surface area contributed by atoms with Crippen LogP contribution in [0.4, 0.5) is 4.79 Å². The van der Waals surface area contributed by atoms with Crippen LogP contribution in [0.3, 0.4) is 0 Å². The van der Waals surface area contributed by atoms with E-state index in [1.54, 1.807) is 14.2 Å². The van der Waals surface area contributed by atoms with Gasteiger partial charge < -0.3 is 19.3 Å². The Bertz CT molecular complexity index is 400. The molecule has 0 saturated carbocycles. The predicted molar refractivity (Wildman–Crippen MR) is 93.7 cm³/mol. The molecule has 1 aliphatic rings. The van der Waals surface area contributed by atoms with Crippen LogP contribution in [-0.2, 0) is 9.47 Å². The van der Waals surface area contributed by atoms with E-state index < -0.39 is 0 Å². The van der Waals surface area contributed by atoms with Crippen molar-refractivity contribution in [3.05, 3.63) is 0 Å². The quantitative estimate of drug-likeness (QED) is 0.684. The second kappa shape index (κ2) is 7.84. The molecule has 1 heterocycles. The van der Waals surface area contributed by atoms with Gasteiger partial charge >= 0.3 is 6.03 Å². The summed E-state index contributed by atoms with van der Waals surface area (Å²) < 4.78 is 11.1. The van der Waals surface area contributed by atoms with E-state index in [4.69, 9.17) is 9.47 Å². The summed E-state index contributed by atoms with van der Waals surface area (Å²) in [6.07, 6.45) is 1.78.